The summed E-state index contributed by atoms with van der Waals surface area (Å²) in [6, 6.07) is 85.2. The molecule has 2 unspecified atom stereocenters. The quantitative estimate of drug-likeness (QED) is 0.0754. The molecule has 0 amide bonds. The Balaban J connectivity index is 0.957. The summed E-state index contributed by atoms with van der Waals surface area (Å²) in [5.41, 5.74) is 9.58. The van der Waals surface area contributed by atoms with E-state index in [1.165, 1.54) is 0 Å². The van der Waals surface area contributed by atoms with Crippen LogP contribution in [0.3, 0.4) is 0 Å². The van der Waals surface area contributed by atoms with E-state index in [1.807, 2.05) is 187 Å². The average molecular weight is 1220 g/mol. The molecule has 0 fully saturated rings. The van der Waals surface area contributed by atoms with Gasteiger partial charge in [0.1, 0.15) is 34.6 Å². The van der Waals surface area contributed by atoms with Gasteiger partial charge >= 0.3 is 0 Å². The number of anilines is 3. The van der Waals surface area contributed by atoms with Crippen molar-refractivity contribution >= 4 is 29.2 Å². The van der Waals surface area contributed by atoms with Gasteiger partial charge in [0, 0.05) is 40.3 Å². The Kier molecular flexibility index (Phi) is 14.5. The van der Waals surface area contributed by atoms with Crippen LogP contribution in [0.1, 0.15) is 55.6 Å². The predicted octanol–water partition coefficient (Wildman–Crippen LogP) is 22.9. The molecular weight excluding hydrogens is 1170 g/mol. The zero-order valence-electron chi connectivity index (χ0n) is 49.7. The zero-order valence-corrected chi connectivity index (χ0v) is 49.7. The van der Waals surface area contributed by atoms with Crippen molar-refractivity contribution in [2.24, 2.45) is 0 Å². The van der Waals surface area contributed by atoms with E-state index < -0.39 is 45.7 Å². The number of halogens is 6. The van der Waals surface area contributed by atoms with E-state index in [1.54, 1.807) is 60.7 Å². The molecule has 93 heavy (non-hydrogen) atoms. The van der Waals surface area contributed by atoms with Gasteiger partial charge in [0.2, 0.25) is 0 Å². The van der Waals surface area contributed by atoms with Crippen LogP contribution >= 0.6 is 0 Å². The van der Waals surface area contributed by atoms with Gasteiger partial charge in [-0.05, 0) is 192 Å². The van der Waals surface area contributed by atoms with Crippen molar-refractivity contribution in [1.29, 1.82) is 0 Å². The smallest absolute Gasteiger partial charge is 0.163 e. The minimum Gasteiger partial charge on any atom is -0.457 e. The predicted molar refractivity (Wildman–Crippen MR) is 360 cm³/mol. The van der Waals surface area contributed by atoms with E-state index >= 15 is 26.3 Å². The van der Waals surface area contributed by atoms with Crippen molar-refractivity contribution in [1.82, 2.24) is 0 Å². The fourth-order valence-corrected chi connectivity index (χ4v) is 13.9. The standard InChI is InChI=1S/C84H53F6NO2/c1-3-52-21-35-65(36-22-52)92-67-39-27-58(28-40-67)83(77-46-60(85)48-79(87)81(77)89)73-19-10-8-17-69(73)71-43-33-63(50-75(71)83)91(62-31-25-55(26-32-62)57-16-12-15-56(45-57)54-13-6-5-7-14-54)64-34-44-72-70-18-9-11-20-74(70)84(76(72)51-64,78-47-61(86)49-80(88)82(78)90)59-29-41-68(42-30-59)93-66-37-23-53(4-2)24-38-66/h3-51H,1-2H2. The number of ether oxygens (including phenoxy) is 2. The Morgan fingerprint density at radius 1 is 0.290 bits per heavy atom. The van der Waals surface area contributed by atoms with Gasteiger partial charge in [0.05, 0.1) is 10.8 Å². The molecule has 0 aromatic heterocycles. The summed E-state index contributed by atoms with van der Waals surface area (Å²) >= 11 is 0. The first kappa shape index (κ1) is 57.7. The normalized spacial score (nSPS) is 14.9. The lowest BCUT2D eigenvalue weighted by Crippen LogP contribution is -2.31. The first-order valence-electron chi connectivity index (χ1n) is 30.3. The summed E-state index contributed by atoms with van der Waals surface area (Å²) in [6.07, 6.45) is 3.47. The lowest BCUT2D eigenvalue weighted by molar-refractivity contribution is 0.473. The lowest BCUT2D eigenvalue weighted by atomic mass is 9.67. The maximum Gasteiger partial charge on any atom is 0.163 e. The number of rotatable bonds is 15. The van der Waals surface area contributed by atoms with Crippen LogP contribution in [0.2, 0.25) is 0 Å². The largest absolute Gasteiger partial charge is 0.457 e. The third-order valence-corrected chi connectivity index (χ3v) is 18.1. The zero-order chi connectivity index (χ0) is 63.5. The number of benzene rings is 13. The van der Waals surface area contributed by atoms with Gasteiger partial charge in [0.25, 0.3) is 0 Å². The first-order chi connectivity index (χ1) is 45.4. The van der Waals surface area contributed by atoms with Crippen LogP contribution in [0.5, 0.6) is 23.0 Å². The average Bonchev–Trinajstić information content (AvgIpc) is 1.58. The molecule has 13 aromatic carbocycles. The summed E-state index contributed by atoms with van der Waals surface area (Å²) in [6.45, 7) is 7.71. The second-order valence-corrected chi connectivity index (χ2v) is 23.2. The van der Waals surface area contributed by atoms with Crippen LogP contribution in [0, 0.1) is 34.9 Å². The Bertz CT molecular complexity index is 4810. The van der Waals surface area contributed by atoms with E-state index in [2.05, 4.69) is 43.5 Å². The van der Waals surface area contributed by atoms with Crippen LogP contribution in [-0.4, -0.2) is 0 Å². The second-order valence-electron chi connectivity index (χ2n) is 23.2. The monoisotopic (exact) mass is 1220 g/mol. The molecule has 9 heteroatoms. The fraction of sp³-hybridized carbons (Fsp3) is 0.0238. The molecule has 0 heterocycles. The highest BCUT2D eigenvalue weighted by Crippen LogP contribution is 2.61. The van der Waals surface area contributed by atoms with Crippen molar-refractivity contribution in [2.45, 2.75) is 10.8 Å². The van der Waals surface area contributed by atoms with Gasteiger partial charge < -0.3 is 14.4 Å². The topological polar surface area (TPSA) is 21.7 Å². The third kappa shape index (κ3) is 9.79. The molecule has 2 aliphatic rings. The molecule has 13 aromatic rings. The summed E-state index contributed by atoms with van der Waals surface area (Å²) in [4.78, 5) is 2.01. The van der Waals surface area contributed by atoms with Crippen molar-refractivity contribution < 1.29 is 35.8 Å². The minimum atomic E-state index is -1.70. The second kappa shape index (κ2) is 23.3. The van der Waals surface area contributed by atoms with Crippen molar-refractivity contribution in [3.63, 3.8) is 0 Å². The van der Waals surface area contributed by atoms with E-state index in [0.29, 0.717) is 108 Å². The number of nitrogens with zero attached hydrogens (tertiary/aromatic N) is 1. The molecule has 0 bridgehead atoms. The molecular formula is C84H53F6NO2. The molecule has 0 N–H and O–H groups in total. The van der Waals surface area contributed by atoms with Gasteiger partial charge in [-0.15, -0.1) is 0 Å². The highest BCUT2D eigenvalue weighted by molar-refractivity contribution is 5.93. The molecule has 2 atom stereocenters. The van der Waals surface area contributed by atoms with Crippen LogP contribution in [0.4, 0.5) is 43.4 Å². The minimum absolute atomic E-state index is 0.253. The highest BCUT2D eigenvalue weighted by atomic mass is 19.2. The van der Waals surface area contributed by atoms with E-state index in [9.17, 15) is 0 Å². The summed E-state index contributed by atoms with van der Waals surface area (Å²) in [7, 11) is 0. The number of fused-ring (bicyclic) bond motifs is 6. The van der Waals surface area contributed by atoms with Gasteiger partial charge in [-0.2, -0.15) is 0 Å². The first-order valence-corrected chi connectivity index (χ1v) is 30.3. The third-order valence-electron chi connectivity index (χ3n) is 18.1. The fourth-order valence-electron chi connectivity index (χ4n) is 13.9. The Morgan fingerprint density at radius 3 is 1.09 bits per heavy atom. The number of hydrogen-bond donors (Lipinski definition) is 0. The Hall–Kier alpha value is -11.7. The van der Waals surface area contributed by atoms with Crippen LogP contribution in [0.25, 0.3) is 56.7 Å². The van der Waals surface area contributed by atoms with Crippen LogP contribution < -0.4 is 14.4 Å². The van der Waals surface area contributed by atoms with Crippen molar-refractivity contribution in [2.75, 3.05) is 4.90 Å². The number of hydrogen-bond acceptors (Lipinski definition) is 3. The van der Waals surface area contributed by atoms with Crippen LogP contribution in [-0.2, 0) is 10.8 Å². The van der Waals surface area contributed by atoms with Gasteiger partial charge in [0.15, 0.2) is 23.3 Å². The highest BCUT2D eigenvalue weighted by Gasteiger charge is 2.51. The molecule has 2 aliphatic carbocycles. The molecule has 15 rings (SSSR count). The summed E-state index contributed by atoms with van der Waals surface area (Å²) in [5, 5.41) is 0. The molecule has 3 nitrogen and oxygen atoms in total. The SMILES string of the molecule is C=Cc1ccc(Oc2ccc(C3(c4cc(F)cc(F)c4F)c4ccccc4-c4ccc(N(c5ccc(-c6cccc(-c7ccccc7)c6)cc5)c5ccc6c(c5)C(c5ccc(Oc7ccc(C=C)cc7)cc5)(c5cc(F)cc(F)c5F)c5ccccc5-6)cc43)cc2)cc1. The van der Waals surface area contributed by atoms with Crippen molar-refractivity contribution in [3.05, 3.63) is 389 Å². The molecule has 0 saturated heterocycles. The van der Waals surface area contributed by atoms with Crippen LogP contribution in [0.15, 0.2) is 298 Å². The maximum absolute atomic E-state index is 17.4. The maximum atomic E-state index is 17.4. The van der Waals surface area contributed by atoms with Gasteiger partial charge in [-0.1, -0.05) is 195 Å². The van der Waals surface area contributed by atoms with Gasteiger partial charge in [-0.25, -0.2) is 26.3 Å². The van der Waals surface area contributed by atoms with E-state index in [4.69, 9.17) is 9.47 Å². The lowest BCUT2D eigenvalue weighted by Gasteiger charge is -2.36. The molecule has 0 saturated carbocycles. The molecule has 0 radical (unpaired) electrons. The summed E-state index contributed by atoms with van der Waals surface area (Å²) in [5.74, 6) is -5.07. The van der Waals surface area contributed by atoms with Crippen molar-refractivity contribution in [3.8, 4) is 67.5 Å². The van der Waals surface area contributed by atoms with Gasteiger partial charge in [-0.3, -0.25) is 0 Å². The summed E-state index contributed by atoms with van der Waals surface area (Å²) < 4.78 is 112. The van der Waals surface area contributed by atoms with E-state index in [0.717, 1.165) is 45.5 Å². The molecule has 448 valence electrons. The molecule has 0 spiro atoms. The Labute approximate surface area is 534 Å². The molecule has 0 aliphatic heterocycles. The Morgan fingerprint density at radius 2 is 0.656 bits per heavy atom. The van der Waals surface area contributed by atoms with E-state index in [-0.39, 0.29) is 11.1 Å².